The number of nitrogens with one attached hydrogen (secondary N) is 1. The highest BCUT2D eigenvalue weighted by Gasteiger charge is 2.17. The van der Waals surface area contributed by atoms with E-state index in [4.69, 9.17) is 0 Å². The number of aromatic nitrogens is 5. The van der Waals surface area contributed by atoms with Gasteiger partial charge in [0, 0.05) is 29.0 Å². The zero-order valence-electron chi connectivity index (χ0n) is 14.5. The monoisotopic (exact) mass is 334 g/mol. The Balaban J connectivity index is 1.76. The van der Waals surface area contributed by atoms with Crippen LogP contribution in [0.5, 0.6) is 0 Å². The van der Waals surface area contributed by atoms with E-state index in [0.29, 0.717) is 22.5 Å². The third kappa shape index (κ3) is 2.44. The van der Waals surface area contributed by atoms with Crippen LogP contribution in [0.25, 0.3) is 11.3 Å². The lowest BCUT2D eigenvalue weighted by molar-refractivity contribution is 0.102. The summed E-state index contributed by atoms with van der Waals surface area (Å²) in [6.45, 7) is 7.78. The van der Waals surface area contributed by atoms with Crippen LogP contribution in [0.3, 0.4) is 0 Å². The van der Waals surface area contributed by atoms with Crippen LogP contribution in [0.2, 0.25) is 0 Å². The van der Waals surface area contributed by atoms with Gasteiger partial charge < -0.3 is 9.72 Å². The Morgan fingerprint density at radius 1 is 1.00 bits per heavy atom. The second-order valence-corrected chi connectivity index (χ2v) is 6.25. The molecule has 0 saturated carbocycles. The molecule has 1 amide bonds. The van der Waals surface area contributed by atoms with E-state index >= 15 is 0 Å². The molecule has 0 aliphatic rings. The van der Waals surface area contributed by atoms with Gasteiger partial charge in [0.2, 0.25) is 0 Å². The number of hydrogen-bond donors (Lipinski definition) is 1. The van der Waals surface area contributed by atoms with E-state index in [2.05, 4.69) is 20.4 Å². The van der Waals surface area contributed by atoms with Gasteiger partial charge in [-0.2, -0.15) is 5.10 Å². The van der Waals surface area contributed by atoms with Gasteiger partial charge in [0.15, 0.2) is 5.65 Å². The van der Waals surface area contributed by atoms with Gasteiger partial charge in [-0.3, -0.25) is 4.79 Å². The molecule has 0 bridgehead atoms. The van der Waals surface area contributed by atoms with E-state index in [9.17, 15) is 4.79 Å². The van der Waals surface area contributed by atoms with Crippen LogP contribution in [-0.4, -0.2) is 29.9 Å². The van der Waals surface area contributed by atoms with Crippen LogP contribution in [-0.2, 0) is 0 Å². The summed E-state index contributed by atoms with van der Waals surface area (Å²) in [5.41, 5.74) is 6.14. The van der Waals surface area contributed by atoms with Gasteiger partial charge in [-0.15, -0.1) is 0 Å². The molecule has 0 saturated heterocycles. The third-order valence-electron chi connectivity index (χ3n) is 4.21. The lowest BCUT2D eigenvalue weighted by Gasteiger charge is -2.06. The van der Waals surface area contributed by atoms with Crippen molar-refractivity contribution in [3.63, 3.8) is 0 Å². The minimum atomic E-state index is -0.226. The van der Waals surface area contributed by atoms with Crippen LogP contribution >= 0.6 is 0 Å². The standard InChI is InChI=1S/C18H18N6O/c1-10-7-12(3)23-6-5-14(16(23)20-10)18(25)22-15-9-19-24-13(4)8-11(2)21-17(15)24/h5-9H,1-4H3,(H,22,25). The first-order chi connectivity index (χ1) is 11.9. The SMILES string of the molecule is Cc1cc(C)n2ccc(C(=O)Nc3cnn4c(C)cc(C)nc34)c2n1. The molecule has 0 radical (unpaired) electrons. The van der Waals surface area contributed by atoms with E-state index in [0.717, 1.165) is 22.8 Å². The van der Waals surface area contributed by atoms with Gasteiger partial charge in [0.25, 0.3) is 5.91 Å². The summed E-state index contributed by atoms with van der Waals surface area (Å²) >= 11 is 0. The second-order valence-electron chi connectivity index (χ2n) is 6.25. The van der Waals surface area contributed by atoms with E-state index in [1.165, 1.54) is 0 Å². The smallest absolute Gasteiger partial charge is 0.259 e. The first-order valence-corrected chi connectivity index (χ1v) is 8.02. The van der Waals surface area contributed by atoms with Crippen LogP contribution in [0.15, 0.2) is 30.6 Å². The summed E-state index contributed by atoms with van der Waals surface area (Å²) in [5, 5.41) is 7.22. The van der Waals surface area contributed by atoms with Gasteiger partial charge >= 0.3 is 0 Å². The summed E-state index contributed by atoms with van der Waals surface area (Å²) in [7, 11) is 0. The number of aryl methyl sites for hydroxylation is 4. The molecule has 0 atom stereocenters. The highest BCUT2D eigenvalue weighted by Crippen LogP contribution is 2.20. The normalized spacial score (nSPS) is 11.4. The average molecular weight is 334 g/mol. The van der Waals surface area contributed by atoms with Crippen molar-refractivity contribution in [3.8, 4) is 0 Å². The number of hydrogen-bond acceptors (Lipinski definition) is 4. The third-order valence-corrected chi connectivity index (χ3v) is 4.21. The maximum atomic E-state index is 12.8. The lowest BCUT2D eigenvalue weighted by Crippen LogP contribution is -2.12. The number of fused-ring (bicyclic) bond motifs is 2. The molecule has 4 rings (SSSR count). The van der Waals surface area contributed by atoms with Crippen molar-refractivity contribution < 1.29 is 4.79 Å². The summed E-state index contributed by atoms with van der Waals surface area (Å²) in [4.78, 5) is 21.8. The average Bonchev–Trinajstić information content (AvgIpc) is 3.12. The number of nitrogens with zero attached hydrogens (tertiary/aromatic N) is 5. The molecule has 4 aromatic rings. The highest BCUT2D eigenvalue weighted by atomic mass is 16.1. The molecule has 7 heteroatoms. The van der Waals surface area contributed by atoms with Crippen LogP contribution in [0.1, 0.15) is 33.1 Å². The fourth-order valence-corrected chi connectivity index (χ4v) is 3.12. The van der Waals surface area contributed by atoms with Crippen LogP contribution < -0.4 is 5.32 Å². The van der Waals surface area contributed by atoms with Crippen molar-refractivity contribution in [2.24, 2.45) is 0 Å². The molecule has 0 aliphatic heterocycles. The maximum absolute atomic E-state index is 12.8. The Morgan fingerprint density at radius 3 is 2.44 bits per heavy atom. The largest absolute Gasteiger partial charge is 0.317 e. The Kier molecular flexibility index (Phi) is 3.31. The van der Waals surface area contributed by atoms with Gasteiger partial charge in [-0.1, -0.05) is 0 Å². The second kappa shape index (κ2) is 5.41. The molecule has 25 heavy (non-hydrogen) atoms. The number of anilines is 1. The number of amides is 1. The Labute approximate surface area is 144 Å². The summed E-state index contributed by atoms with van der Waals surface area (Å²) < 4.78 is 3.62. The molecule has 0 fully saturated rings. The lowest BCUT2D eigenvalue weighted by atomic mass is 10.3. The highest BCUT2D eigenvalue weighted by molar-refractivity contribution is 6.09. The molecule has 126 valence electrons. The summed E-state index contributed by atoms with van der Waals surface area (Å²) in [5.74, 6) is -0.226. The van der Waals surface area contributed by atoms with E-state index in [1.807, 2.05) is 50.4 Å². The molecular formula is C18H18N6O. The Morgan fingerprint density at radius 2 is 1.68 bits per heavy atom. The van der Waals surface area contributed by atoms with E-state index in [-0.39, 0.29) is 5.91 Å². The topological polar surface area (TPSA) is 76.6 Å². The minimum Gasteiger partial charge on any atom is -0.317 e. The van der Waals surface area contributed by atoms with Crippen molar-refractivity contribution in [1.82, 2.24) is 24.0 Å². The van der Waals surface area contributed by atoms with Crippen LogP contribution in [0, 0.1) is 27.7 Å². The van der Waals surface area contributed by atoms with Gasteiger partial charge in [-0.05, 0) is 45.9 Å². The first-order valence-electron chi connectivity index (χ1n) is 8.02. The fraction of sp³-hybridized carbons (Fsp3) is 0.222. The first kappa shape index (κ1) is 15.3. The molecule has 7 nitrogen and oxygen atoms in total. The van der Waals surface area contributed by atoms with Crippen molar-refractivity contribution in [2.75, 3.05) is 5.32 Å². The molecule has 0 spiro atoms. The summed E-state index contributed by atoms with van der Waals surface area (Å²) in [6, 6.07) is 5.71. The molecular weight excluding hydrogens is 316 g/mol. The van der Waals surface area contributed by atoms with Crippen molar-refractivity contribution in [1.29, 1.82) is 0 Å². The molecule has 4 aromatic heterocycles. The van der Waals surface area contributed by atoms with Crippen molar-refractivity contribution >= 4 is 22.9 Å². The van der Waals surface area contributed by atoms with Crippen molar-refractivity contribution in [2.45, 2.75) is 27.7 Å². The predicted molar refractivity (Wildman–Crippen MR) is 95.1 cm³/mol. The van der Waals surface area contributed by atoms with Gasteiger partial charge in [0.05, 0.1) is 11.8 Å². The molecule has 0 unspecified atom stereocenters. The minimum absolute atomic E-state index is 0.226. The Hall–Kier alpha value is -3.22. The summed E-state index contributed by atoms with van der Waals surface area (Å²) in [6.07, 6.45) is 3.48. The van der Waals surface area contributed by atoms with Gasteiger partial charge in [0.1, 0.15) is 11.3 Å². The van der Waals surface area contributed by atoms with E-state index < -0.39 is 0 Å². The number of carbonyl (C=O) groups excluding carboxylic acids is 1. The zero-order valence-corrected chi connectivity index (χ0v) is 14.5. The van der Waals surface area contributed by atoms with E-state index in [1.54, 1.807) is 16.8 Å². The van der Waals surface area contributed by atoms with Crippen LogP contribution in [0.4, 0.5) is 5.69 Å². The number of carbonyl (C=O) groups is 1. The molecule has 0 aromatic carbocycles. The number of rotatable bonds is 2. The quantitative estimate of drug-likeness (QED) is 0.611. The molecule has 1 N–H and O–H groups in total. The molecule has 4 heterocycles. The maximum Gasteiger partial charge on any atom is 0.259 e. The zero-order chi connectivity index (χ0) is 17.7. The van der Waals surface area contributed by atoms with Crippen molar-refractivity contribution in [3.05, 3.63) is 58.9 Å². The molecule has 0 aliphatic carbocycles. The predicted octanol–water partition coefficient (Wildman–Crippen LogP) is 2.86. The fourth-order valence-electron chi connectivity index (χ4n) is 3.12. The Bertz CT molecular complexity index is 1140. The van der Waals surface area contributed by atoms with Gasteiger partial charge in [-0.25, -0.2) is 14.5 Å².